The fraction of sp³-hybridized carbons (Fsp3) is 0.273. The van der Waals surface area contributed by atoms with Gasteiger partial charge in [0.1, 0.15) is 5.76 Å². The summed E-state index contributed by atoms with van der Waals surface area (Å²) >= 11 is 0. The van der Waals surface area contributed by atoms with E-state index in [9.17, 15) is 14.7 Å². The van der Waals surface area contributed by atoms with Crippen LogP contribution in [-0.2, 0) is 9.59 Å². The number of carbonyl (C=O) groups is 2. The van der Waals surface area contributed by atoms with Crippen LogP contribution in [0.1, 0.15) is 23.8 Å². The van der Waals surface area contributed by atoms with Crippen molar-refractivity contribution in [3.05, 3.63) is 77.5 Å². The van der Waals surface area contributed by atoms with E-state index in [-0.39, 0.29) is 5.57 Å². The van der Waals surface area contributed by atoms with Gasteiger partial charge in [0.05, 0.1) is 17.9 Å². The summed E-state index contributed by atoms with van der Waals surface area (Å²) in [6.45, 7) is 1.24. The topological polar surface area (TPSA) is 74.0 Å². The first-order valence-electron chi connectivity index (χ1n) is 9.18. The third kappa shape index (κ3) is 4.23. The van der Waals surface area contributed by atoms with Crippen LogP contribution in [0.5, 0.6) is 0 Å². The van der Waals surface area contributed by atoms with E-state index < -0.39 is 23.5 Å². The lowest BCUT2D eigenvalue weighted by Crippen LogP contribution is -2.33. The molecular formula is C22H24N2O4. The van der Waals surface area contributed by atoms with Gasteiger partial charge in [-0.15, -0.1) is 0 Å². The van der Waals surface area contributed by atoms with Crippen molar-refractivity contribution in [2.75, 3.05) is 27.2 Å². The molecule has 146 valence electrons. The second-order valence-corrected chi connectivity index (χ2v) is 6.94. The molecule has 0 radical (unpaired) electrons. The van der Waals surface area contributed by atoms with E-state index in [1.54, 1.807) is 17.0 Å². The molecule has 0 bridgehead atoms. The van der Waals surface area contributed by atoms with Gasteiger partial charge in [-0.05, 0) is 56.9 Å². The highest BCUT2D eigenvalue weighted by Gasteiger charge is 2.42. The van der Waals surface area contributed by atoms with Crippen molar-refractivity contribution in [2.45, 2.75) is 12.5 Å². The quantitative estimate of drug-likeness (QED) is 0.712. The summed E-state index contributed by atoms with van der Waals surface area (Å²) in [7, 11) is 3.93. The average molecular weight is 380 g/mol. The summed E-state index contributed by atoms with van der Waals surface area (Å²) in [5.41, 5.74) is 0.892. The molecular weight excluding hydrogens is 356 g/mol. The Labute approximate surface area is 164 Å². The highest BCUT2D eigenvalue weighted by molar-refractivity contribution is 6.14. The summed E-state index contributed by atoms with van der Waals surface area (Å²) in [5.74, 6) is -0.877. The molecule has 0 saturated carbocycles. The van der Waals surface area contributed by atoms with Gasteiger partial charge < -0.3 is 19.3 Å². The summed E-state index contributed by atoms with van der Waals surface area (Å²) in [6, 6.07) is 12.1. The van der Waals surface area contributed by atoms with E-state index in [4.69, 9.17) is 4.42 Å². The Kier molecular flexibility index (Phi) is 6.11. The third-order valence-electron chi connectivity index (χ3n) is 4.63. The molecule has 1 aromatic carbocycles. The van der Waals surface area contributed by atoms with Crippen molar-refractivity contribution in [2.24, 2.45) is 0 Å². The maximum atomic E-state index is 12.9. The van der Waals surface area contributed by atoms with Crippen molar-refractivity contribution in [1.29, 1.82) is 0 Å². The van der Waals surface area contributed by atoms with Crippen LogP contribution in [0.25, 0.3) is 6.08 Å². The normalized spacial score (nSPS) is 17.3. The maximum absolute atomic E-state index is 12.9. The highest BCUT2D eigenvalue weighted by atomic mass is 16.3. The second kappa shape index (κ2) is 8.71. The second-order valence-electron chi connectivity index (χ2n) is 6.94. The van der Waals surface area contributed by atoms with Crippen LogP contribution in [0.2, 0.25) is 0 Å². The summed E-state index contributed by atoms with van der Waals surface area (Å²) in [6.07, 6.45) is 5.11. The predicted molar refractivity (Wildman–Crippen MR) is 106 cm³/mol. The number of aliphatic hydroxyl groups excluding tert-OH is 1. The summed E-state index contributed by atoms with van der Waals surface area (Å²) < 4.78 is 5.20. The highest BCUT2D eigenvalue weighted by Crippen LogP contribution is 2.37. The van der Waals surface area contributed by atoms with Crippen LogP contribution in [0.15, 0.2) is 70.6 Å². The lowest BCUT2D eigenvalue weighted by molar-refractivity contribution is -0.129. The molecule has 0 spiro atoms. The predicted octanol–water partition coefficient (Wildman–Crippen LogP) is 3.21. The summed E-state index contributed by atoms with van der Waals surface area (Å²) in [5, 5.41) is 10.5. The lowest BCUT2D eigenvalue weighted by atomic mass is 9.95. The first kappa shape index (κ1) is 19.6. The van der Waals surface area contributed by atoms with Gasteiger partial charge in [-0.25, -0.2) is 0 Å². The van der Waals surface area contributed by atoms with Gasteiger partial charge in [-0.1, -0.05) is 30.3 Å². The van der Waals surface area contributed by atoms with Crippen LogP contribution in [0.4, 0.5) is 0 Å². The molecule has 6 heteroatoms. The number of furan rings is 1. The Morgan fingerprint density at radius 1 is 1.21 bits per heavy atom. The molecule has 0 fully saturated rings. The van der Waals surface area contributed by atoms with Crippen molar-refractivity contribution < 1.29 is 19.1 Å². The number of aliphatic hydroxyl groups is 1. The van der Waals surface area contributed by atoms with Crippen molar-refractivity contribution in [3.8, 4) is 0 Å². The number of hydrogen-bond donors (Lipinski definition) is 1. The van der Waals surface area contributed by atoms with Gasteiger partial charge in [-0.2, -0.15) is 0 Å². The van der Waals surface area contributed by atoms with Gasteiger partial charge in [0.25, 0.3) is 5.91 Å². The minimum Gasteiger partial charge on any atom is -0.503 e. The van der Waals surface area contributed by atoms with Crippen LogP contribution >= 0.6 is 0 Å². The molecule has 6 nitrogen and oxygen atoms in total. The first-order chi connectivity index (χ1) is 13.5. The number of ketones is 1. The monoisotopic (exact) mass is 380 g/mol. The molecule has 1 aliphatic rings. The molecule has 1 N–H and O–H groups in total. The Balaban J connectivity index is 1.91. The third-order valence-corrected chi connectivity index (χ3v) is 4.63. The molecule has 2 aromatic rings. The van der Waals surface area contributed by atoms with Crippen LogP contribution in [0, 0.1) is 0 Å². The van der Waals surface area contributed by atoms with Crippen LogP contribution in [0.3, 0.4) is 0 Å². The van der Waals surface area contributed by atoms with Crippen LogP contribution < -0.4 is 0 Å². The van der Waals surface area contributed by atoms with E-state index in [0.29, 0.717) is 12.3 Å². The van der Waals surface area contributed by atoms with Gasteiger partial charge in [0.15, 0.2) is 11.5 Å². The first-order valence-corrected chi connectivity index (χ1v) is 9.18. The zero-order chi connectivity index (χ0) is 20.1. The van der Waals surface area contributed by atoms with E-state index in [0.717, 1.165) is 18.5 Å². The van der Waals surface area contributed by atoms with Gasteiger partial charge >= 0.3 is 0 Å². The maximum Gasteiger partial charge on any atom is 0.290 e. The fourth-order valence-electron chi connectivity index (χ4n) is 3.31. The molecule has 2 heterocycles. The molecule has 1 amide bonds. The largest absolute Gasteiger partial charge is 0.503 e. The Hall–Kier alpha value is -3.12. The van der Waals surface area contributed by atoms with E-state index in [1.807, 2.05) is 49.3 Å². The van der Waals surface area contributed by atoms with Gasteiger partial charge in [0, 0.05) is 6.54 Å². The lowest BCUT2D eigenvalue weighted by Gasteiger charge is -2.27. The van der Waals surface area contributed by atoms with Gasteiger partial charge in [0.2, 0.25) is 0 Å². The number of benzene rings is 1. The molecule has 1 aliphatic heterocycles. The minimum absolute atomic E-state index is 0.101. The molecule has 0 saturated heterocycles. The zero-order valence-corrected chi connectivity index (χ0v) is 16.0. The molecule has 28 heavy (non-hydrogen) atoms. The number of hydrogen-bond acceptors (Lipinski definition) is 5. The molecule has 1 unspecified atom stereocenters. The number of nitrogens with zero attached hydrogens (tertiary/aromatic N) is 2. The Bertz CT molecular complexity index is 883. The van der Waals surface area contributed by atoms with Crippen molar-refractivity contribution >= 4 is 17.8 Å². The Morgan fingerprint density at radius 3 is 2.61 bits per heavy atom. The fourth-order valence-corrected chi connectivity index (χ4v) is 3.31. The smallest absolute Gasteiger partial charge is 0.290 e. The van der Waals surface area contributed by atoms with E-state index >= 15 is 0 Å². The minimum atomic E-state index is -0.607. The van der Waals surface area contributed by atoms with Crippen molar-refractivity contribution in [1.82, 2.24) is 9.80 Å². The van der Waals surface area contributed by atoms with E-state index in [2.05, 4.69) is 0 Å². The number of amides is 1. The summed E-state index contributed by atoms with van der Waals surface area (Å²) in [4.78, 5) is 29.2. The van der Waals surface area contributed by atoms with Gasteiger partial charge in [-0.3, -0.25) is 9.59 Å². The SMILES string of the molecule is CN(C)CCCN1C(=O)C(O)=C(C(=O)/C=C/c2ccco2)C1c1ccccc1. The van der Waals surface area contributed by atoms with Crippen LogP contribution in [-0.4, -0.2) is 53.8 Å². The van der Waals surface area contributed by atoms with E-state index in [1.165, 1.54) is 18.4 Å². The molecule has 1 atom stereocenters. The number of carbonyl (C=O) groups excluding carboxylic acids is 2. The molecule has 0 aliphatic carbocycles. The Morgan fingerprint density at radius 2 is 1.96 bits per heavy atom. The molecule has 1 aromatic heterocycles. The standard InChI is InChI=1S/C22H24N2O4/c1-23(2)13-7-14-24-20(16-8-4-3-5-9-16)19(21(26)22(24)27)18(25)12-11-17-10-6-15-28-17/h3-6,8-12,15,20,26H,7,13-14H2,1-2H3/b12-11+. The number of allylic oxidation sites excluding steroid dienone is 1. The van der Waals surface area contributed by atoms with Crippen molar-refractivity contribution in [3.63, 3.8) is 0 Å². The number of rotatable bonds is 8. The average Bonchev–Trinajstić information content (AvgIpc) is 3.29. The zero-order valence-electron chi connectivity index (χ0n) is 16.0. The molecule has 3 rings (SSSR count).